The van der Waals surface area contributed by atoms with Gasteiger partial charge in [0.2, 0.25) is 0 Å². The van der Waals surface area contributed by atoms with Crippen LogP contribution in [0, 0.1) is 17.5 Å². The molecule has 0 amide bonds. The van der Waals surface area contributed by atoms with Gasteiger partial charge in [0.25, 0.3) is 0 Å². The number of benzene rings is 1. The second-order valence-corrected chi connectivity index (χ2v) is 6.01. The summed E-state index contributed by atoms with van der Waals surface area (Å²) in [5, 5.41) is 0. The van der Waals surface area contributed by atoms with Gasteiger partial charge in [-0.05, 0) is 0 Å². The SMILES string of the molecule is O=S([O-])([O-])(CC(F)(F)F)c1c(F)cc(F)cc1F. The zero-order valence-corrected chi connectivity index (χ0v) is 9.08. The van der Waals surface area contributed by atoms with Gasteiger partial charge in [0.1, 0.15) is 17.5 Å². The van der Waals surface area contributed by atoms with Crippen molar-refractivity contribution in [2.45, 2.75) is 11.1 Å². The van der Waals surface area contributed by atoms with Gasteiger partial charge >= 0.3 is 6.18 Å². The van der Waals surface area contributed by atoms with Crippen LogP contribution in [-0.2, 0) is 9.63 Å². The largest absolute Gasteiger partial charge is 0.795 e. The van der Waals surface area contributed by atoms with E-state index in [1.165, 1.54) is 0 Å². The Balaban J connectivity index is 3.50. The molecule has 0 unspecified atom stereocenters. The summed E-state index contributed by atoms with van der Waals surface area (Å²) in [5.41, 5.74) is 0. The average Bonchev–Trinajstić information content (AvgIpc) is 1.91. The zero-order valence-electron chi connectivity index (χ0n) is 8.26. The molecule has 0 bridgehead atoms. The van der Waals surface area contributed by atoms with Crippen LogP contribution >= 0.6 is 0 Å². The van der Waals surface area contributed by atoms with E-state index >= 15 is 0 Å². The third-order valence-corrected chi connectivity index (χ3v) is 3.77. The molecular formula is C8H4F6O3S-2. The maximum Gasteiger partial charge on any atom is 0.396 e. The molecule has 0 aliphatic carbocycles. The van der Waals surface area contributed by atoms with Crippen LogP contribution in [0.2, 0.25) is 0 Å². The van der Waals surface area contributed by atoms with E-state index in [-0.39, 0.29) is 12.1 Å². The maximum absolute atomic E-state index is 13.0. The fraction of sp³-hybridized carbons (Fsp3) is 0.250. The predicted octanol–water partition coefficient (Wildman–Crippen LogP) is 2.11. The molecule has 104 valence electrons. The van der Waals surface area contributed by atoms with Crippen molar-refractivity contribution in [3.63, 3.8) is 0 Å². The van der Waals surface area contributed by atoms with Gasteiger partial charge in [0, 0.05) is 12.1 Å². The van der Waals surface area contributed by atoms with Crippen molar-refractivity contribution in [3.8, 4) is 0 Å². The van der Waals surface area contributed by atoms with E-state index in [1.807, 2.05) is 0 Å². The number of hydrogen-bond acceptors (Lipinski definition) is 3. The van der Waals surface area contributed by atoms with Gasteiger partial charge in [-0.2, -0.15) is 22.8 Å². The molecule has 0 atom stereocenters. The maximum atomic E-state index is 13.0. The highest BCUT2D eigenvalue weighted by Crippen LogP contribution is 2.38. The van der Waals surface area contributed by atoms with Gasteiger partial charge in [0.05, 0.1) is 10.6 Å². The van der Waals surface area contributed by atoms with Crippen molar-refractivity contribution in [1.82, 2.24) is 0 Å². The van der Waals surface area contributed by atoms with Crippen molar-refractivity contribution >= 4 is 9.63 Å². The van der Waals surface area contributed by atoms with E-state index in [0.717, 1.165) is 0 Å². The smallest absolute Gasteiger partial charge is 0.396 e. The minimum atomic E-state index is -7.32. The zero-order chi connectivity index (χ0) is 14.4. The molecule has 1 rings (SSSR count). The lowest BCUT2D eigenvalue weighted by atomic mass is 10.3. The molecule has 1 aromatic carbocycles. The molecule has 0 saturated carbocycles. The molecule has 0 aromatic heterocycles. The molecule has 0 heterocycles. The molecule has 18 heavy (non-hydrogen) atoms. The molecule has 0 N–H and O–H groups in total. The Labute approximate surface area is 96.5 Å². The first kappa shape index (κ1) is 14.9. The second kappa shape index (κ2) is 3.93. The summed E-state index contributed by atoms with van der Waals surface area (Å²) in [6.07, 6.45) is -5.49. The Morgan fingerprint density at radius 3 is 1.78 bits per heavy atom. The topological polar surface area (TPSA) is 63.2 Å². The lowest BCUT2D eigenvalue weighted by Crippen LogP contribution is -2.44. The molecule has 0 saturated heterocycles. The summed E-state index contributed by atoms with van der Waals surface area (Å²) < 4.78 is 108. The summed E-state index contributed by atoms with van der Waals surface area (Å²) in [5.74, 6) is -8.97. The van der Waals surface area contributed by atoms with Crippen molar-refractivity contribution in [2.24, 2.45) is 0 Å². The quantitative estimate of drug-likeness (QED) is 0.785. The molecule has 10 heteroatoms. The number of halogens is 6. The first-order valence-corrected chi connectivity index (χ1v) is 6.12. The van der Waals surface area contributed by atoms with Crippen LogP contribution < -0.4 is 0 Å². The minimum absolute atomic E-state index is 0.196. The standard InChI is InChI=1S/C8H6F6O3S/c9-4-1-5(10)7(6(11)2-4)18(15,16,17)3-8(12,13)14/h1-2H,3H2,(H2,15,16,17)/p-2. The second-order valence-electron chi connectivity index (χ2n) is 3.41. The van der Waals surface area contributed by atoms with Crippen LogP contribution in [0.4, 0.5) is 26.3 Å². The summed E-state index contributed by atoms with van der Waals surface area (Å²) >= 11 is 0. The number of alkyl halides is 3. The van der Waals surface area contributed by atoms with Gasteiger partial charge in [-0.15, -0.1) is 0 Å². The van der Waals surface area contributed by atoms with Crippen molar-refractivity contribution in [3.05, 3.63) is 29.6 Å². The summed E-state index contributed by atoms with van der Waals surface area (Å²) in [7, 11) is -7.32. The van der Waals surface area contributed by atoms with E-state index < -0.39 is 43.9 Å². The molecule has 3 nitrogen and oxygen atoms in total. The monoisotopic (exact) mass is 294 g/mol. The van der Waals surface area contributed by atoms with Gasteiger partial charge in [-0.25, -0.2) is 13.2 Å². The van der Waals surface area contributed by atoms with E-state index in [1.54, 1.807) is 0 Å². The molecule has 0 radical (unpaired) electrons. The molecule has 0 aliphatic heterocycles. The first-order chi connectivity index (χ1) is 7.80. The van der Waals surface area contributed by atoms with Crippen LogP contribution in [0.1, 0.15) is 0 Å². The van der Waals surface area contributed by atoms with Crippen molar-refractivity contribution < 1.29 is 39.7 Å². The van der Waals surface area contributed by atoms with E-state index in [4.69, 9.17) is 0 Å². The number of sulfone groups is 3. The fourth-order valence-corrected chi connectivity index (χ4v) is 2.84. The van der Waals surface area contributed by atoms with Crippen LogP contribution in [0.5, 0.6) is 0 Å². The Morgan fingerprint density at radius 1 is 1.06 bits per heavy atom. The number of rotatable bonds is 2. The average molecular weight is 294 g/mol. The summed E-state index contributed by atoms with van der Waals surface area (Å²) in [6, 6.07) is -0.392. The lowest BCUT2D eigenvalue weighted by Gasteiger charge is -2.55. The predicted molar refractivity (Wildman–Crippen MR) is 45.2 cm³/mol. The van der Waals surface area contributed by atoms with Crippen LogP contribution in [0.3, 0.4) is 0 Å². The summed E-state index contributed by atoms with van der Waals surface area (Å²) in [4.78, 5) is -2.33. The third kappa shape index (κ3) is 3.21. The molecule has 0 spiro atoms. The first-order valence-electron chi connectivity index (χ1n) is 4.13. The van der Waals surface area contributed by atoms with Crippen LogP contribution in [0.25, 0.3) is 0 Å². The number of hydrogen-bond donors (Lipinski definition) is 0. The van der Waals surface area contributed by atoms with Crippen LogP contribution in [-0.4, -0.2) is 25.2 Å². The Bertz CT molecular complexity index is 523. The summed E-state index contributed by atoms with van der Waals surface area (Å²) in [6.45, 7) is 0. The van der Waals surface area contributed by atoms with E-state index in [0.29, 0.717) is 0 Å². The van der Waals surface area contributed by atoms with Gasteiger partial charge < -0.3 is 13.3 Å². The van der Waals surface area contributed by atoms with Gasteiger partial charge in [-0.1, -0.05) is 0 Å². The molecule has 1 aromatic rings. The van der Waals surface area contributed by atoms with E-state index in [2.05, 4.69) is 0 Å². The van der Waals surface area contributed by atoms with Gasteiger partial charge in [-0.3, -0.25) is 0 Å². The third-order valence-electron chi connectivity index (χ3n) is 1.77. The highest BCUT2D eigenvalue weighted by atomic mass is 32.3. The van der Waals surface area contributed by atoms with Crippen LogP contribution in [0.15, 0.2) is 17.0 Å². The van der Waals surface area contributed by atoms with E-state index in [9.17, 15) is 39.7 Å². The Kier molecular flexibility index (Phi) is 3.26. The normalized spacial score (nSPS) is 15.2. The molecule has 0 fully saturated rings. The van der Waals surface area contributed by atoms with Gasteiger partial charge in [0.15, 0.2) is 0 Å². The van der Waals surface area contributed by atoms with Crippen molar-refractivity contribution in [1.29, 1.82) is 0 Å². The molecule has 0 aliphatic rings. The highest BCUT2D eigenvalue weighted by molar-refractivity contribution is 8.10. The fourth-order valence-electron chi connectivity index (χ4n) is 1.26. The Hall–Kier alpha value is -1.13. The molecular weight excluding hydrogens is 290 g/mol. The highest BCUT2D eigenvalue weighted by Gasteiger charge is 2.37. The minimum Gasteiger partial charge on any atom is -0.795 e. The Morgan fingerprint density at radius 2 is 1.44 bits per heavy atom. The van der Waals surface area contributed by atoms with Crippen molar-refractivity contribution in [2.75, 3.05) is 5.75 Å². The lowest BCUT2D eigenvalue weighted by molar-refractivity contribution is -0.109.